The second kappa shape index (κ2) is 6.19. The fourth-order valence-corrected chi connectivity index (χ4v) is 4.45. The van der Waals surface area contributed by atoms with Gasteiger partial charge in [0.2, 0.25) is 0 Å². The molecule has 2 rings (SSSR count). The van der Waals surface area contributed by atoms with Crippen LogP contribution in [0.25, 0.3) is 0 Å². The van der Waals surface area contributed by atoms with Gasteiger partial charge in [0.1, 0.15) is 5.75 Å². The van der Waals surface area contributed by atoms with Crippen LogP contribution in [0.4, 0.5) is 0 Å². The molecule has 18 heavy (non-hydrogen) atoms. The fourth-order valence-electron chi connectivity index (χ4n) is 1.76. The molecular weight excluding hydrogens is 330 g/mol. The average Bonchev–Trinajstić information content (AvgIpc) is 2.94. The van der Waals surface area contributed by atoms with Gasteiger partial charge in [-0.25, -0.2) is 0 Å². The molecule has 0 bridgehead atoms. The van der Waals surface area contributed by atoms with Crippen molar-refractivity contribution in [2.75, 3.05) is 13.7 Å². The summed E-state index contributed by atoms with van der Waals surface area (Å²) in [6.45, 7) is 5.20. The Bertz CT molecular complexity index is 501. The van der Waals surface area contributed by atoms with Crippen LogP contribution >= 0.6 is 38.6 Å². The predicted octanol–water partition coefficient (Wildman–Crippen LogP) is 4.59. The maximum absolute atomic E-state index is 5.26. The molecule has 2 heterocycles. The van der Waals surface area contributed by atoms with E-state index in [0.717, 1.165) is 12.3 Å². The highest BCUT2D eigenvalue weighted by Crippen LogP contribution is 2.37. The molecule has 98 valence electrons. The van der Waals surface area contributed by atoms with E-state index in [0.29, 0.717) is 0 Å². The molecule has 0 aliphatic rings. The SMILES string of the molecule is CCNC(c1cc(OC)cs1)c1cc(C)c(Br)s1. The van der Waals surface area contributed by atoms with E-state index in [9.17, 15) is 0 Å². The van der Waals surface area contributed by atoms with E-state index in [1.54, 1.807) is 29.8 Å². The molecule has 0 saturated heterocycles. The van der Waals surface area contributed by atoms with Crippen molar-refractivity contribution in [3.05, 3.63) is 36.6 Å². The second-order valence-electron chi connectivity index (χ2n) is 3.99. The van der Waals surface area contributed by atoms with E-state index in [2.05, 4.69) is 52.6 Å². The number of aryl methyl sites for hydroxylation is 1. The van der Waals surface area contributed by atoms with Crippen molar-refractivity contribution in [1.29, 1.82) is 0 Å². The smallest absolute Gasteiger partial charge is 0.129 e. The van der Waals surface area contributed by atoms with Crippen LogP contribution in [-0.2, 0) is 0 Å². The molecular formula is C13H16BrNOS2. The quantitative estimate of drug-likeness (QED) is 0.855. The van der Waals surface area contributed by atoms with Crippen molar-refractivity contribution < 1.29 is 4.74 Å². The standard InChI is InChI=1S/C13H16BrNOS2/c1-4-15-12(10-6-9(16-3)7-17-10)11-5-8(2)13(14)18-11/h5-7,12,15H,4H2,1-3H3. The Labute approximate surface area is 124 Å². The molecule has 1 atom stereocenters. The van der Waals surface area contributed by atoms with Gasteiger partial charge >= 0.3 is 0 Å². The van der Waals surface area contributed by atoms with Gasteiger partial charge in [0.15, 0.2) is 0 Å². The topological polar surface area (TPSA) is 21.3 Å². The highest BCUT2D eigenvalue weighted by Gasteiger charge is 2.18. The lowest BCUT2D eigenvalue weighted by molar-refractivity contribution is 0.416. The lowest BCUT2D eigenvalue weighted by Gasteiger charge is -2.14. The Morgan fingerprint density at radius 1 is 1.39 bits per heavy atom. The first kappa shape index (κ1) is 14.1. The lowest BCUT2D eigenvalue weighted by Crippen LogP contribution is -2.20. The van der Waals surface area contributed by atoms with Crippen LogP contribution in [0.5, 0.6) is 5.75 Å². The van der Waals surface area contributed by atoms with Gasteiger partial charge in [0.25, 0.3) is 0 Å². The highest BCUT2D eigenvalue weighted by molar-refractivity contribution is 9.11. The Morgan fingerprint density at radius 3 is 2.67 bits per heavy atom. The molecule has 5 heteroatoms. The zero-order valence-electron chi connectivity index (χ0n) is 10.6. The summed E-state index contributed by atoms with van der Waals surface area (Å²) in [5.41, 5.74) is 1.29. The van der Waals surface area contributed by atoms with E-state index < -0.39 is 0 Å². The zero-order valence-corrected chi connectivity index (χ0v) is 13.8. The summed E-state index contributed by atoms with van der Waals surface area (Å²) in [5.74, 6) is 0.935. The van der Waals surface area contributed by atoms with Crippen LogP contribution < -0.4 is 10.1 Å². The third-order valence-corrected chi connectivity index (χ3v) is 5.86. The Hall–Kier alpha value is -0.360. The molecule has 0 aliphatic heterocycles. The van der Waals surface area contributed by atoms with Gasteiger partial charge in [-0.05, 0) is 47.1 Å². The molecule has 0 saturated carbocycles. The van der Waals surface area contributed by atoms with Gasteiger partial charge in [0, 0.05) is 15.1 Å². The maximum atomic E-state index is 5.26. The number of halogens is 1. The van der Waals surface area contributed by atoms with E-state index in [4.69, 9.17) is 4.74 Å². The number of nitrogens with one attached hydrogen (secondary N) is 1. The Morgan fingerprint density at radius 2 is 2.17 bits per heavy atom. The minimum absolute atomic E-state index is 0.263. The number of methoxy groups -OCH3 is 1. The minimum Gasteiger partial charge on any atom is -0.496 e. The molecule has 0 aromatic carbocycles. The summed E-state index contributed by atoms with van der Waals surface area (Å²) >= 11 is 7.13. The number of hydrogen-bond acceptors (Lipinski definition) is 4. The number of rotatable bonds is 5. The van der Waals surface area contributed by atoms with Gasteiger partial charge in [-0.1, -0.05) is 6.92 Å². The third-order valence-electron chi connectivity index (χ3n) is 2.68. The van der Waals surface area contributed by atoms with E-state index in [1.807, 2.05) is 0 Å². The molecule has 1 unspecified atom stereocenters. The number of hydrogen-bond donors (Lipinski definition) is 1. The second-order valence-corrected chi connectivity index (χ2v) is 7.33. The van der Waals surface area contributed by atoms with Crippen LogP contribution in [0.15, 0.2) is 21.3 Å². The van der Waals surface area contributed by atoms with Crippen LogP contribution in [0.1, 0.15) is 28.3 Å². The third kappa shape index (κ3) is 2.96. The first-order chi connectivity index (χ1) is 8.65. The largest absolute Gasteiger partial charge is 0.496 e. The van der Waals surface area contributed by atoms with E-state index >= 15 is 0 Å². The van der Waals surface area contributed by atoms with Crippen molar-refractivity contribution in [2.45, 2.75) is 19.9 Å². The van der Waals surface area contributed by atoms with Gasteiger partial charge < -0.3 is 10.1 Å². The van der Waals surface area contributed by atoms with Gasteiger partial charge in [-0.3, -0.25) is 0 Å². The maximum Gasteiger partial charge on any atom is 0.129 e. The Kier molecular flexibility index (Phi) is 4.84. The van der Waals surface area contributed by atoms with Crippen LogP contribution in [0, 0.1) is 6.92 Å². The number of ether oxygens (including phenoxy) is 1. The molecule has 0 amide bonds. The van der Waals surface area contributed by atoms with Gasteiger partial charge in [-0.15, -0.1) is 22.7 Å². The molecule has 1 N–H and O–H groups in total. The lowest BCUT2D eigenvalue weighted by atomic mass is 10.2. The summed E-state index contributed by atoms with van der Waals surface area (Å²) < 4.78 is 6.48. The molecule has 0 fully saturated rings. The molecule has 2 aromatic heterocycles. The van der Waals surface area contributed by atoms with E-state index in [-0.39, 0.29) is 6.04 Å². The van der Waals surface area contributed by atoms with Crippen molar-refractivity contribution >= 4 is 38.6 Å². The van der Waals surface area contributed by atoms with Crippen LogP contribution in [0.2, 0.25) is 0 Å². The minimum atomic E-state index is 0.263. The van der Waals surface area contributed by atoms with Crippen molar-refractivity contribution in [3.63, 3.8) is 0 Å². The van der Waals surface area contributed by atoms with Crippen molar-refractivity contribution in [2.24, 2.45) is 0 Å². The molecule has 0 spiro atoms. The summed E-state index contributed by atoms with van der Waals surface area (Å²) in [5, 5.41) is 5.59. The highest BCUT2D eigenvalue weighted by atomic mass is 79.9. The first-order valence-electron chi connectivity index (χ1n) is 5.77. The average molecular weight is 346 g/mol. The molecule has 2 nitrogen and oxygen atoms in total. The summed E-state index contributed by atoms with van der Waals surface area (Å²) in [6.07, 6.45) is 0. The summed E-state index contributed by atoms with van der Waals surface area (Å²) in [4.78, 5) is 2.63. The van der Waals surface area contributed by atoms with Crippen LogP contribution in [-0.4, -0.2) is 13.7 Å². The monoisotopic (exact) mass is 345 g/mol. The predicted molar refractivity (Wildman–Crippen MR) is 83.1 cm³/mol. The summed E-state index contributed by atoms with van der Waals surface area (Å²) in [6, 6.07) is 4.62. The molecule has 0 aliphatic carbocycles. The molecule has 2 aromatic rings. The Balaban J connectivity index is 2.32. The normalized spacial score (nSPS) is 12.7. The molecule has 0 radical (unpaired) electrons. The fraction of sp³-hybridized carbons (Fsp3) is 0.385. The number of thiophene rings is 2. The zero-order chi connectivity index (χ0) is 13.1. The van der Waals surface area contributed by atoms with Gasteiger partial charge in [-0.2, -0.15) is 0 Å². The van der Waals surface area contributed by atoms with Crippen LogP contribution in [0.3, 0.4) is 0 Å². The van der Waals surface area contributed by atoms with Crippen molar-refractivity contribution in [3.8, 4) is 5.75 Å². The van der Waals surface area contributed by atoms with E-state index in [1.165, 1.54) is 19.1 Å². The first-order valence-corrected chi connectivity index (χ1v) is 8.26. The van der Waals surface area contributed by atoms with Crippen molar-refractivity contribution in [1.82, 2.24) is 5.32 Å². The summed E-state index contributed by atoms with van der Waals surface area (Å²) in [7, 11) is 1.71. The van der Waals surface area contributed by atoms with Gasteiger partial charge in [0.05, 0.1) is 16.9 Å².